The average molecular weight is 146 g/mol. The normalized spacial score (nSPS) is 13.4. The summed E-state index contributed by atoms with van der Waals surface area (Å²) in [6.45, 7) is 6.93. The molecule has 0 rings (SSSR count). The van der Waals surface area contributed by atoms with Crippen LogP contribution in [-0.2, 0) is 9.16 Å². The summed E-state index contributed by atoms with van der Waals surface area (Å²) in [7, 11) is 0.795. The van der Waals surface area contributed by atoms with Crippen molar-refractivity contribution in [1.82, 2.24) is 0 Å². The molecule has 0 aliphatic rings. The molecule has 9 heavy (non-hydrogen) atoms. The van der Waals surface area contributed by atoms with Gasteiger partial charge in [0.05, 0.1) is 19.3 Å². The van der Waals surface area contributed by atoms with Gasteiger partial charge in [0.15, 0.2) is 0 Å². The topological polar surface area (TPSA) is 18.5 Å². The van der Waals surface area contributed by atoms with Crippen LogP contribution in [0.5, 0.6) is 0 Å². The summed E-state index contributed by atoms with van der Waals surface area (Å²) in [6.07, 6.45) is 1.93. The molecular weight excluding hydrogens is 132 g/mol. The highest BCUT2D eigenvalue weighted by Crippen LogP contribution is 1.89. The molecule has 0 aliphatic heterocycles. The first-order valence-electron chi connectivity index (χ1n) is 3.04. The van der Waals surface area contributed by atoms with Gasteiger partial charge in [-0.05, 0) is 6.92 Å². The van der Waals surface area contributed by atoms with E-state index in [4.69, 9.17) is 9.16 Å². The van der Waals surface area contributed by atoms with Crippen LogP contribution in [0.4, 0.5) is 0 Å². The Morgan fingerprint density at radius 3 is 2.78 bits per heavy atom. The van der Waals surface area contributed by atoms with Crippen LogP contribution in [0.25, 0.3) is 0 Å². The van der Waals surface area contributed by atoms with Gasteiger partial charge in [-0.2, -0.15) is 0 Å². The van der Waals surface area contributed by atoms with Gasteiger partial charge in [-0.3, -0.25) is 0 Å². The van der Waals surface area contributed by atoms with Crippen molar-refractivity contribution in [3.05, 3.63) is 12.7 Å². The Kier molecular flexibility index (Phi) is 5.92. The molecule has 1 unspecified atom stereocenters. The maximum atomic E-state index is 5.21. The predicted molar refractivity (Wildman–Crippen MR) is 41.5 cm³/mol. The van der Waals surface area contributed by atoms with Crippen LogP contribution < -0.4 is 0 Å². The number of ether oxygens (including phenoxy) is 1. The van der Waals surface area contributed by atoms with E-state index in [1.165, 1.54) is 0 Å². The Morgan fingerprint density at radius 1 is 1.67 bits per heavy atom. The molecule has 0 radical (unpaired) electrons. The van der Waals surface area contributed by atoms with Gasteiger partial charge in [0.25, 0.3) is 0 Å². The summed E-state index contributed by atoms with van der Waals surface area (Å²) < 4.78 is 10.1. The average Bonchev–Trinajstić information content (AvgIpc) is 1.89. The second kappa shape index (κ2) is 6.00. The molecule has 0 aromatic carbocycles. The Hall–Kier alpha value is -0.123. The largest absolute Gasteiger partial charge is 0.426 e. The quantitative estimate of drug-likeness (QED) is 0.306. The van der Waals surface area contributed by atoms with Gasteiger partial charge < -0.3 is 9.16 Å². The third kappa shape index (κ3) is 5.75. The lowest BCUT2D eigenvalue weighted by atomic mass is 10.4. The van der Waals surface area contributed by atoms with Gasteiger partial charge in [-0.25, -0.2) is 0 Å². The summed E-state index contributed by atoms with van der Waals surface area (Å²) >= 11 is 0. The lowest BCUT2D eigenvalue weighted by molar-refractivity contribution is 0.0731. The summed E-state index contributed by atoms with van der Waals surface area (Å²) in [5.74, 6) is 0. The monoisotopic (exact) mass is 146 g/mol. The minimum absolute atomic E-state index is 0.154. The lowest BCUT2D eigenvalue weighted by Gasteiger charge is -2.06. The maximum Gasteiger partial charge on any atom is 0.146 e. The zero-order valence-corrected chi connectivity index (χ0v) is 8.09. The molecule has 3 heteroatoms. The molecular formula is C6H14O2Si. The van der Waals surface area contributed by atoms with E-state index in [2.05, 4.69) is 6.58 Å². The third-order valence-electron chi connectivity index (χ3n) is 1.00. The number of hydrogen-bond acceptors (Lipinski definition) is 2. The molecule has 0 aromatic rings. The van der Waals surface area contributed by atoms with Gasteiger partial charge in [0.1, 0.15) is 10.5 Å². The molecule has 1 atom stereocenters. The van der Waals surface area contributed by atoms with Gasteiger partial charge >= 0.3 is 0 Å². The zero-order valence-electron chi connectivity index (χ0n) is 6.09. The molecule has 0 heterocycles. The molecule has 0 N–H and O–H groups in total. The maximum absolute atomic E-state index is 5.21. The molecule has 0 amide bonds. The molecule has 54 valence electrons. The Morgan fingerprint density at radius 2 is 2.33 bits per heavy atom. The van der Waals surface area contributed by atoms with Gasteiger partial charge in [-0.1, -0.05) is 6.08 Å². The first-order valence-corrected chi connectivity index (χ1v) is 3.86. The molecule has 2 nitrogen and oxygen atoms in total. The molecule has 0 saturated carbocycles. The van der Waals surface area contributed by atoms with Gasteiger partial charge in [0, 0.05) is 0 Å². The smallest absolute Gasteiger partial charge is 0.146 e. The van der Waals surface area contributed by atoms with Crippen molar-refractivity contribution >= 4 is 10.5 Å². The molecule has 0 spiro atoms. The van der Waals surface area contributed by atoms with Crippen LogP contribution in [0, 0.1) is 0 Å². The zero-order chi connectivity index (χ0) is 7.11. The van der Waals surface area contributed by atoms with E-state index in [-0.39, 0.29) is 6.10 Å². The summed E-state index contributed by atoms with van der Waals surface area (Å²) in [5.41, 5.74) is 0. The molecule has 0 fully saturated rings. The molecule has 0 aromatic heterocycles. The van der Waals surface area contributed by atoms with E-state index in [1.807, 2.05) is 6.92 Å². The van der Waals surface area contributed by atoms with Crippen molar-refractivity contribution in [1.29, 1.82) is 0 Å². The second-order valence-corrected chi connectivity index (χ2v) is 2.38. The van der Waals surface area contributed by atoms with Gasteiger partial charge in [-0.15, -0.1) is 6.58 Å². The van der Waals surface area contributed by atoms with E-state index in [0.717, 1.165) is 10.5 Å². The van der Waals surface area contributed by atoms with Crippen LogP contribution in [0.2, 0.25) is 0 Å². The SMILES string of the molecule is C=CC(C)OCCO[SiH3]. The highest BCUT2D eigenvalue weighted by molar-refractivity contribution is 5.97. The van der Waals surface area contributed by atoms with E-state index < -0.39 is 0 Å². The fraction of sp³-hybridized carbons (Fsp3) is 0.667. The van der Waals surface area contributed by atoms with E-state index >= 15 is 0 Å². The first kappa shape index (κ1) is 8.88. The fourth-order valence-corrected chi connectivity index (χ4v) is 0.552. The van der Waals surface area contributed by atoms with E-state index in [0.29, 0.717) is 13.2 Å². The predicted octanol–water partition coefficient (Wildman–Crippen LogP) is -0.126. The van der Waals surface area contributed by atoms with Gasteiger partial charge in [0.2, 0.25) is 0 Å². The van der Waals surface area contributed by atoms with Crippen molar-refractivity contribution in [2.45, 2.75) is 13.0 Å². The Bertz CT molecular complexity index is 75.5. The fourth-order valence-electron chi connectivity index (χ4n) is 0.385. The second-order valence-electron chi connectivity index (χ2n) is 1.80. The van der Waals surface area contributed by atoms with Crippen molar-refractivity contribution in [2.24, 2.45) is 0 Å². The Labute approximate surface area is 59.4 Å². The molecule has 0 aliphatic carbocycles. The summed E-state index contributed by atoms with van der Waals surface area (Å²) in [4.78, 5) is 0. The summed E-state index contributed by atoms with van der Waals surface area (Å²) in [6, 6.07) is 0. The number of hydrogen-bond donors (Lipinski definition) is 0. The minimum Gasteiger partial charge on any atom is -0.426 e. The lowest BCUT2D eigenvalue weighted by Crippen LogP contribution is -2.09. The molecule has 0 bridgehead atoms. The van der Waals surface area contributed by atoms with Crippen molar-refractivity contribution < 1.29 is 9.16 Å². The van der Waals surface area contributed by atoms with Crippen LogP contribution in [0.1, 0.15) is 6.92 Å². The molecule has 0 saturated heterocycles. The minimum atomic E-state index is 0.154. The number of rotatable bonds is 5. The highest BCUT2D eigenvalue weighted by Gasteiger charge is 1.91. The van der Waals surface area contributed by atoms with Crippen LogP contribution in [0.3, 0.4) is 0 Å². The standard InChI is InChI=1S/C6H14O2Si/c1-3-6(2)7-4-5-8-9/h3,6H,1,4-5H2,2,9H3. The highest BCUT2D eigenvalue weighted by atomic mass is 28.2. The Balaban J connectivity index is 2.96. The van der Waals surface area contributed by atoms with Crippen LogP contribution >= 0.6 is 0 Å². The van der Waals surface area contributed by atoms with Crippen LogP contribution in [-0.4, -0.2) is 29.8 Å². The van der Waals surface area contributed by atoms with E-state index in [1.54, 1.807) is 6.08 Å². The van der Waals surface area contributed by atoms with E-state index in [9.17, 15) is 0 Å². The van der Waals surface area contributed by atoms with Crippen molar-refractivity contribution in [3.63, 3.8) is 0 Å². The third-order valence-corrected chi connectivity index (χ3v) is 1.41. The van der Waals surface area contributed by atoms with Crippen molar-refractivity contribution in [3.8, 4) is 0 Å². The van der Waals surface area contributed by atoms with Crippen molar-refractivity contribution in [2.75, 3.05) is 13.2 Å². The van der Waals surface area contributed by atoms with Crippen LogP contribution in [0.15, 0.2) is 12.7 Å². The first-order chi connectivity index (χ1) is 4.31. The summed E-state index contributed by atoms with van der Waals surface area (Å²) in [5, 5.41) is 0.